The molecule has 0 aliphatic heterocycles. The van der Waals surface area contributed by atoms with Crippen LogP contribution in [0.5, 0.6) is 0 Å². The Labute approximate surface area is 133 Å². The molecule has 1 N–H and O–H groups in total. The Morgan fingerprint density at radius 1 is 1.57 bits per heavy atom. The molecule has 2 aromatic rings. The van der Waals surface area contributed by atoms with Crippen LogP contribution in [-0.2, 0) is 11.3 Å². The summed E-state index contributed by atoms with van der Waals surface area (Å²) in [6.45, 7) is 3.48. The fourth-order valence-electron chi connectivity index (χ4n) is 2.04. The molecule has 2 rings (SSSR count). The van der Waals surface area contributed by atoms with Crippen molar-refractivity contribution in [3.63, 3.8) is 0 Å². The predicted molar refractivity (Wildman–Crippen MR) is 87.9 cm³/mol. The van der Waals surface area contributed by atoms with Crippen molar-refractivity contribution in [2.24, 2.45) is 0 Å². The van der Waals surface area contributed by atoms with E-state index in [2.05, 4.69) is 17.1 Å². The Balaban J connectivity index is 2.02. The molecule has 21 heavy (non-hydrogen) atoms. The number of aromatic nitrogens is 3. The largest absolute Gasteiger partial charge is 0.346 e. The van der Waals surface area contributed by atoms with Gasteiger partial charge in [0.15, 0.2) is 10.6 Å². The Kier molecular flexibility index (Phi) is 5.69. The van der Waals surface area contributed by atoms with Crippen LogP contribution in [-0.4, -0.2) is 39.2 Å². The zero-order valence-corrected chi connectivity index (χ0v) is 14.0. The highest BCUT2D eigenvalue weighted by molar-refractivity contribution is 7.71. The van der Waals surface area contributed by atoms with Gasteiger partial charge in [0.2, 0.25) is 5.91 Å². The van der Waals surface area contributed by atoms with Crippen molar-refractivity contribution in [2.75, 3.05) is 13.6 Å². The van der Waals surface area contributed by atoms with E-state index in [9.17, 15) is 4.79 Å². The van der Waals surface area contributed by atoms with Gasteiger partial charge in [0.1, 0.15) is 0 Å². The van der Waals surface area contributed by atoms with Gasteiger partial charge in [0.05, 0.1) is 4.88 Å². The number of H-pyrrole nitrogens is 1. The second kappa shape index (κ2) is 7.51. The van der Waals surface area contributed by atoms with E-state index < -0.39 is 0 Å². The number of nitrogens with zero attached hydrogens (tertiary/aromatic N) is 3. The molecule has 0 saturated carbocycles. The van der Waals surface area contributed by atoms with E-state index in [1.807, 2.05) is 29.1 Å². The highest BCUT2D eigenvalue weighted by Gasteiger charge is 2.13. The first-order valence-electron chi connectivity index (χ1n) is 7.06. The molecule has 5 nitrogen and oxygen atoms in total. The maximum absolute atomic E-state index is 12.1. The average molecular weight is 324 g/mol. The lowest BCUT2D eigenvalue weighted by Gasteiger charge is -2.17. The zero-order valence-electron chi connectivity index (χ0n) is 12.3. The van der Waals surface area contributed by atoms with Gasteiger partial charge in [-0.05, 0) is 30.1 Å². The van der Waals surface area contributed by atoms with Gasteiger partial charge in [0, 0.05) is 26.6 Å². The Hall–Kier alpha value is -1.47. The molecule has 0 saturated heterocycles. The minimum Gasteiger partial charge on any atom is -0.346 e. The van der Waals surface area contributed by atoms with Crippen molar-refractivity contribution in [3.8, 4) is 10.7 Å². The van der Waals surface area contributed by atoms with Crippen molar-refractivity contribution in [2.45, 2.75) is 32.7 Å². The van der Waals surface area contributed by atoms with Gasteiger partial charge < -0.3 is 4.90 Å². The minimum absolute atomic E-state index is 0.142. The van der Waals surface area contributed by atoms with Crippen LogP contribution in [0.1, 0.15) is 26.2 Å². The summed E-state index contributed by atoms with van der Waals surface area (Å²) in [4.78, 5) is 14.9. The summed E-state index contributed by atoms with van der Waals surface area (Å²) >= 11 is 6.87. The molecule has 0 spiro atoms. The summed E-state index contributed by atoms with van der Waals surface area (Å²) in [5.74, 6) is 0.947. The van der Waals surface area contributed by atoms with Gasteiger partial charge in [-0.3, -0.25) is 14.5 Å². The third-order valence-electron chi connectivity index (χ3n) is 3.32. The van der Waals surface area contributed by atoms with Crippen LogP contribution in [0.25, 0.3) is 10.7 Å². The number of hydrogen-bond acceptors (Lipinski definition) is 4. The average Bonchev–Trinajstić information content (AvgIpc) is 3.11. The monoisotopic (exact) mass is 324 g/mol. The van der Waals surface area contributed by atoms with Crippen molar-refractivity contribution < 1.29 is 4.79 Å². The number of hydrogen-bond donors (Lipinski definition) is 1. The lowest BCUT2D eigenvalue weighted by molar-refractivity contribution is -0.130. The van der Waals surface area contributed by atoms with Gasteiger partial charge in [-0.1, -0.05) is 19.4 Å². The number of carbonyl (C=O) groups is 1. The van der Waals surface area contributed by atoms with Crippen LogP contribution in [0.3, 0.4) is 0 Å². The van der Waals surface area contributed by atoms with Crippen LogP contribution in [0.4, 0.5) is 0 Å². The first-order valence-corrected chi connectivity index (χ1v) is 8.35. The van der Waals surface area contributed by atoms with E-state index >= 15 is 0 Å². The van der Waals surface area contributed by atoms with Crippen LogP contribution < -0.4 is 0 Å². The summed E-state index contributed by atoms with van der Waals surface area (Å²) in [7, 11) is 1.85. The normalized spacial score (nSPS) is 10.8. The lowest BCUT2D eigenvalue weighted by atomic mass is 10.3. The van der Waals surface area contributed by atoms with Crippen molar-refractivity contribution >= 4 is 29.5 Å². The van der Waals surface area contributed by atoms with Gasteiger partial charge in [0.25, 0.3) is 0 Å². The summed E-state index contributed by atoms with van der Waals surface area (Å²) in [6.07, 6.45) is 2.56. The Bertz CT molecular complexity index is 630. The van der Waals surface area contributed by atoms with Crippen LogP contribution in [0.15, 0.2) is 17.5 Å². The van der Waals surface area contributed by atoms with Gasteiger partial charge in [-0.15, -0.1) is 11.3 Å². The van der Waals surface area contributed by atoms with Crippen molar-refractivity contribution in [1.29, 1.82) is 0 Å². The summed E-state index contributed by atoms with van der Waals surface area (Å²) in [5.41, 5.74) is 0. The van der Waals surface area contributed by atoms with Crippen molar-refractivity contribution in [1.82, 2.24) is 19.7 Å². The molecule has 0 atom stereocenters. The highest BCUT2D eigenvalue weighted by atomic mass is 32.1. The Morgan fingerprint density at radius 2 is 2.38 bits per heavy atom. The molecule has 2 heterocycles. The minimum atomic E-state index is 0.142. The van der Waals surface area contributed by atoms with Crippen LogP contribution in [0, 0.1) is 4.77 Å². The number of nitrogens with one attached hydrogen (secondary N) is 1. The van der Waals surface area contributed by atoms with E-state index in [0.29, 0.717) is 17.7 Å². The highest BCUT2D eigenvalue weighted by Crippen LogP contribution is 2.22. The lowest BCUT2D eigenvalue weighted by Crippen LogP contribution is -2.28. The quantitative estimate of drug-likeness (QED) is 0.795. The fraction of sp³-hybridized carbons (Fsp3) is 0.500. The molecule has 0 bridgehead atoms. The van der Waals surface area contributed by atoms with E-state index in [-0.39, 0.29) is 5.91 Å². The molecule has 7 heteroatoms. The topological polar surface area (TPSA) is 53.9 Å². The second-order valence-electron chi connectivity index (χ2n) is 4.90. The Morgan fingerprint density at radius 3 is 3.05 bits per heavy atom. The smallest absolute Gasteiger partial charge is 0.224 e. The first-order chi connectivity index (χ1) is 10.1. The number of unbranched alkanes of at least 4 members (excludes halogenated alkanes) is 1. The number of thiophene rings is 1. The molecule has 1 amide bonds. The molecule has 0 unspecified atom stereocenters. The first kappa shape index (κ1) is 15.9. The second-order valence-corrected chi connectivity index (χ2v) is 6.23. The zero-order chi connectivity index (χ0) is 15.2. The molecular weight excluding hydrogens is 304 g/mol. The van der Waals surface area contributed by atoms with E-state index in [4.69, 9.17) is 12.2 Å². The number of aromatic amines is 1. The van der Waals surface area contributed by atoms with E-state index in [1.54, 1.807) is 16.2 Å². The molecule has 0 fully saturated rings. The molecule has 2 aromatic heterocycles. The maximum atomic E-state index is 12.1. The number of rotatable bonds is 7. The fourth-order valence-corrected chi connectivity index (χ4v) is 2.98. The number of carbonyl (C=O) groups excluding carboxylic acids is 1. The van der Waals surface area contributed by atoms with Crippen LogP contribution >= 0.6 is 23.6 Å². The third kappa shape index (κ3) is 4.01. The number of amides is 1. The summed E-state index contributed by atoms with van der Waals surface area (Å²) < 4.78 is 2.45. The molecule has 0 radical (unpaired) electrons. The van der Waals surface area contributed by atoms with Crippen molar-refractivity contribution in [3.05, 3.63) is 22.3 Å². The molecule has 0 aromatic carbocycles. The van der Waals surface area contributed by atoms with Gasteiger partial charge >= 0.3 is 0 Å². The predicted octanol–water partition coefficient (Wildman–Crippen LogP) is 3.32. The van der Waals surface area contributed by atoms with E-state index in [1.165, 1.54) is 0 Å². The summed E-state index contributed by atoms with van der Waals surface area (Å²) in [6, 6.07) is 3.98. The van der Waals surface area contributed by atoms with Gasteiger partial charge in [-0.25, -0.2) is 0 Å². The third-order valence-corrected chi connectivity index (χ3v) is 4.50. The summed E-state index contributed by atoms with van der Waals surface area (Å²) in [5, 5.41) is 9.07. The molecular formula is C14H20N4OS2. The van der Waals surface area contributed by atoms with Crippen LogP contribution in [0.2, 0.25) is 0 Å². The maximum Gasteiger partial charge on any atom is 0.224 e. The standard InChI is InChI=1S/C14H20N4OS2/c1-3-4-8-17(2)12(19)7-9-18-13(15-16-14(18)20)11-6-5-10-21-11/h5-6,10H,3-4,7-9H2,1-2H3,(H,16,20). The molecule has 114 valence electrons. The molecule has 0 aliphatic rings. The molecule has 0 aliphatic carbocycles. The SMILES string of the molecule is CCCCN(C)C(=O)CCn1c(-c2cccs2)n[nH]c1=S. The van der Waals surface area contributed by atoms with Gasteiger partial charge in [-0.2, -0.15) is 5.10 Å². The van der Waals surface area contributed by atoms with E-state index in [0.717, 1.165) is 30.1 Å².